The number of esters is 1. The summed E-state index contributed by atoms with van der Waals surface area (Å²) < 4.78 is 17.1. The summed E-state index contributed by atoms with van der Waals surface area (Å²) in [5.74, 6) is -1.08. The molecule has 1 heterocycles. The van der Waals surface area contributed by atoms with E-state index in [1.165, 1.54) is 13.5 Å². The topological polar surface area (TPSA) is 44.8 Å². The van der Waals surface area contributed by atoms with E-state index in [-0.39, 0.29) is 0 Å². The fourth-order valence-corrected chi connectivity index (χ4v) is 3.40. The third-order valence-corrected chi connectivity index (χ3v) is 4.56. The molecule has 0 amide bonds. The molecule has 2 fully saturated rings. The molecule has 1 aliphatic heterocycles. The predicted molar refractivity (Wildman–Crippen MR) is 78.0 cm³/mol. The first kappa shape index (κ1) is 14.8. The molecule has 21 heavy (non-hydrogen) atoms. The number of hydrogen-bond acceptors (Lipinski definition) is 4. The molecule has 1 aliphatic carbocycles. The molecule has 0 aromatic heterocycles. The molecule has 5 heteroatoms. The lowest BCUT2D eigenvalue weighted by molar-refractivity contribution is -0.199. The van der Waals surface area contributed by atoms with E-state index in [2.05, 4.69) is 0 Å². The third-order valence-electron chi connectivity index (χ3n) is 4.22. The normalized spacial score (nSPS) is 27.7. The van der Waals surface area contributed by atoms with Crippen molar-refractivity contribution >= 4 is 17.6 Å². The van der Waals surface area contributed by atoms with Gasteiger partial charge < -0.3 is 14.2 Å². The van der Waals surface area contributed by atoms with Crippen molar-refractivity contribution in [2.24, 2.45) is 0 Å². The van der Waals surface area contributed by atoms with Crippen molar-refractivity contribution in [3.8, 4) is 0 Å². The van der Waals surface area contributed by atoms with Crippen LogP contribution in [-0.4, -0.2) is 25.0 Å². The molecule has 2 atom stereocenters. The first-order chi connectivity index (χ1) is 10.2. The molecular formula is C16H19ClO4. The molecule has 1 aromatic rings. The average molecular weight is 311 g/mol. The zero-order chi connectivity index (χ0) is 14.9. The van der Waals surface area contributed by atoms with Gasteiger partial charge in [0.1, 0.15) is 6.10 Å². The fourth-order valence-electron chi connectivity index (χ4n) is 3.16. The molecular weight excluding hydrogens is 292 g/mol. The Bertz CT molecular complexity index is 525. The van der Waals surface area contributed by atoms with E-state index in [9.17, 15) is 4.79 Å². The minimum absolute atomic E-state index is 0.414. The Morgan fingerprint density at radius 1 is 1.24 bits per heavy atom. The number of rotatable bonds is 2. The van der Waals surface area contributed by atoms with Gasteiger partial charge >= 0.3 is 5.97 Å². The molecule has 4 nitrogen and oxygen atoms in total. The van der Waals surface area contributed by atoms with Gasteiger partial charge in [0.2, 0.25) is 0 Å². The first-order valence-electron chi connectivity index (χ1n) is 7.33. The second-order valence-corrected chi connectivity index (χ2v) is 6.00. The molecule has 0 bridgehead atoms. The standard InChI is InChI=1S/C16H19ClO4/c1-19-15(18)14-13(11-7-3-4-8-12(11)17)20-16(21-14)9-5-2-6-10-16/h3-4,7-8,13-14H,2,5-6,9-10H2,1H3/t13-,14+/m0/s1. The highest BCUT2D eigenvalue weighted by Gasteiger charge is 2.52. The lowest BCUT2D eigenvalue weighted by atomic mass is 9.94. The van der Waals surface area contributed by atoms with Crippen LogP contribution in [0.3, 0.4) is 0 Å². The van der Waals surface area contributed by atoms with E-state index in [1.807, 2.05) is 18.2 Å². The Morgan fingerprint density at radius 3 is 2.62 bits per heavy atom. The van der Waals surface area contributed by atoms with Crippen LogP contribution >= 0.6 is 11.6 Å². The van der Waals surface area contributed by atoms with Crippen molar-refractivity contribution in [2.45, 2.75) is 50.1 Å². The summed E-state index contributed by atoms with van der Waals surface area (Å²) >= 11 is 6.26. The summed E-state index contributed by atoms with van der Waals surface area (Å²) in [6.45, 7) is 0. The van der Waals surface area contributed by atoms with Crippen LogP contribution in [-0.2, 0) is 19.0 Å². The van der Waals surface area contributed by atoms with Gasteiger partial charge in [0.05, 0.1) is 7.11 Å². The first-order valence-corrected chi connectivity index (χ1v) is 7.71. The van der Waals surface area contributed by atoms with Gasteiger partial charge in [-0.1, -0.05) is 36.2 Å². The van der Waals surface area contributed by atoms with E-state index in [0.717, 1.165) is 31.2 Å². The van der Waals surface area contributed by atoms with E-state index < -0.39 is 24.0 Å². The maximum atomic E-state index is 12.1. The quantitative estimate of drug-likeness (QED) is 0.782. The largest absolute Gasteiger partial charge is 0.467 e. The summed E-state index contributed by atoms with van der Waals surface area (Å²) in [4.78, 5) is 12.1. The van der Waals surface area contributed by atoms with Crippen LogP contribution < -0.4 is 0 Å². The Labute approximate surface area is 129 Å². The van der Waals surface area contributed by atoms with Crippen LogP contribution in [0, 0.1) is 0 Å². The Kier molecular flexibility index (Phi) is 4.20. The van der Waals surface area contributed by atoms with E-state index in [0.29, 0.717) is 5.02 Å². The summed E-state index contributed by atoms with van der Waals surface area (Å²) in [6.07, 6.45) is 3.61. The van der Waals surface area contributed by atoms with Crippen LogP contribution in [0.4, 0.5) is 0 Å². The Morgan fingerprint density at radius 2 is 1.95 bits per heavy atom. The van der Waals surface area contributed by atoms with Crippen LogP contribution in [0.2, 0.25) is 5.02 Å². The van der Waals surface area contributed by atoms with Gasteiger partial charge in [-0.25, -0.2) is 4.79 Å². The maximum absolute atomic E-state index is 12.1. The van der Waals surface area contributed by atoms with Gasteiger partial charge in [-0.05, 0) is 18.9 Å². The SMILES string of the molecule is COC(=O)[C@@H]1OC2(CCCCC2)O[C@H]1c1ccccc1Cl. The predicted octanol–water partition coefficient (Wildman–Crippen LogP) is 3.63. The zero-order valence-corrected chi connectivity index (χ0v) is 12.8. The monoisotopic (exact) mass is 310 g/mol. The van der Waals surface area contributed by atoms with Gasteiger partial charge in [0.25, 0.3) is 0 Å². The number of benzene rings is 1. The molecule has 2 aliphatic rings. The minimum atomic E-state index is -0.756. The number of methoxy groups -OCH3 is 1. The number of carbonyl (C=O) groups excluding carboxylic acids is 1. The highest BCUT2D eigenvalue weighted by molar-refractivity contribution is 6.31. The average Bonchev–Trinajstić information content (AvgIpc) is 2.86. The molecule has 0 unspecified atom stereocenters. The minimum Gasteiger partial charge on any atom is -0.467 e. The molecule has 1 saturated heterocycles. The van der Waals surface area contributed by atoms with Crippen LogP contribution in [0.5, 0.6) is 0 Å². The van der Waals surface area contributed by atoms with Gasteiger partial charge in [0, 0.05) is 23.4 Å². The second kappa shape index (κ2) is 5.95. The third kappa shape index (κ3) is 2.80. The fraction of sp³-hybridized carbons (Fsp3) is 0.562. The van der Waals surface area contributed by atoms with Crippen molar-refractivity contribution in [3.63, 3.8) is 0 Å². The van der Waals surface area contributed by atoms with Crippen LogP contribution in [0.15, 0.2) is 24.3 Å². The molecule has 1 aromatic carbocycles. The second-order valence-electron chi connectivity index (χ2n) is 5.59. The maximum Gasteiger partial charge on any atom is 0.338 e. The molecule has 114 valence electrons. The Hall–Kier alpha value is -1.10. The van der Waals surface area contributed by atoms with Gasteiger partial charge in [-0.15, -0.1) is 0 Å². The number of ether oxygens (including phenoxy) is 3. The molecule has 0 N–H and O–H groups in total. The van der Waals surface area contributed by atoms with E-state index >= 15 is 0 Å². The molecule has 1 spiro atoms. The molecule has 1 saturated carbocycles. The number of halogens is 1. The number of carbonyl (C=O) groups is 1. The van der Waals surface area contributed by atoms with Crippen LogP contribution in [0.25, 0.3) is 0 Å². The highest BCUT2D eigenvalue weighted by Crippen LogP contribution is 2.47. The molecule has 3 rings (SSSR count). The van der Waals surface area contributed by atoms with Crippen LogP contribution in [0.1, 0.15) is 43.8 Å². The highest BCUT2D eigenvalue weighted by atomic mass is 35.5. The summed E-state index contributed by atoms with van der Waals surface area (Å²) in [6, 6.07) is 7.39. The van der Waals surface area contributed by atoms with Crippen molar-refractivity contribution in [2.75, 3.05) is 7.11 Å². The Balaban J connectivity index is 1.92. The molecule has 0 radical (unpaired) electrons. The lowest BCUT2D eigenvalue weighted by Crippen LogP contribution is -2.35. The van der Waals surface area contributed by atoms with Gasteiger partial charge in [-0.3, -0.25) is 0 Å². The van der Waals surface area contributed by atoms with E-state index in [4.69, 9.17) is 25.8 Å². The summed E-state index contributed by atoms with van der Waals surface area (Å²) in [7, 11) is 1.36. The van der Waals surface area contributed by atoms with Crippen molar-refractivity contribution in [3.05, 3.63) is 34.9 Å². The van der Waals surface area contributed by atoms with Gasteiger partial charge in [-0.2, -0.15) is 0 Å². The smallest absolute Gasteiger partial charge is 0.338 e. The van der Waals surface area contributed by atoms with Crippen molar-refractivity contribution < 1.29 is 19.0 Å². The van der Waals surface area contributed by atoms with Gasteiger partial charge in [0.15, 0.2) is 11.9 Å². The zero-order valence-electron chi connectivity index (χ0n) is 12.0. The number of hydrogen-bond donors (Lipinski definition) is 0. The van der Waals surface area contributed by atoms with Crippen molar-refractivity contribution in [1.82, 2.24) is 0 Å². The van der Waals surface area contributed by atoms with Crippen molar-refractivity contribution in [1.29, 1.82) is 0 Å². The van der Waals surface area contributed by atoms with E-state index in [1.54, 1.807) is 6.07 Å². The summed E-state index contributed by atoms with van der Waals surface area (Å²) in [5.41, 5.74) is 0.775. The lowest BCUT2D eigenvalue weighted by Gasteiger charge is -2.31. The summed E-state index contributed by atoms with van der Waals surface area (Å²) in [5, 5.41) is 0.577.